The topological polar surface area (TPSA) is 62.7 Å². The number of alkyl halides is 6. The first-order valence-electron chi connectivity index (χ1n) is 7.70. The van der Waals surface area contributed by atoms with Crippen LogP contribution >= 0.6 is 0 Å². The Balaban J connectivity index is 1.79. The SMILES string of the molecule is FC(F)(F)c1ccc(Nc2cnnc(Nc3ccccc3C(F)(F)F)n2)cc1. The van der Waals surface area contributed by atoms with Gasteiger partial charge in [0.25, 0.3) is 0 Å². The van der Waals surface area contributed by atoms with Crippen LogP contribution in [0.3, 0.4) is 0 Å². The highest BCUT2D eigenvalue weighted by atomic mass is 19.4. The number of nitrogens with zero attached hydrogens (tertiary/aromatic N) is 3. The van der Waals surface area contributed by atoms with E-state index in [1.165, 1.54) is 36.5 Å². The van der Waals surface area contributed by atoms with Crippen molar-refractivity contribution < 1.29 is 26.3 Å². The van der Waals surface area contributed by atoms with Gasteiger partial charge in [0.05, 0.1) is 23.0 Å². The fourth-order valence-corrected chi connectivity index (χ4v) is 2.27. The van der Waals surface area contributed by atoms with Crippen LogP contribution in [0.15, 0.2) is 54.7 Å². The van der Waals surface area contributed by atoms with Crippen LogP contribution in [0.2, 0.25) is 0 Å². The maximum absolute atomic E-state index is 13.0. The van der Waals surface area contributed by atoms with Crippen LogP contribution in [-0.2, 0) is 12.4 Å². The third-order valence-corrected chi connectivity index (χ3v) is 3.52. The number of para-hydroxylation sites is 1. The van der Waals surface area contributed by atoms with Gasteiger partial charge in [-0.2, -0.15) is 36.4 Å². The molecule has 3 aromatic rings. The van der Waals surface area contributed by atoms with E-state index in [-0.39, 0.29) is 23.1 Å². The van der Waals surface area contributed by atoms with Gasteiger partial charge in [0, 0.05) is 5.69 Å². The standard InChI is InChI=1S/C17H11F6N5/c18-16(19,20)10-5-7-11(8-6-10)25-14-9-24-28-15(27-14)26-13-4-2-1-3-12(13)17(21,22)23/h1-9H,(H2,25,26,27,28). The fraction of sp³-hybridized carbons (Fsp3) is 0.118. The molecule has 0 radical (unpaired) electrons. The van der Waals surface area contributed by atoms with E-state index in [1.54, 1.807) is 0 Å². The van der Waals surface area contributed by atoms with E-state index in [2.05, 4.69) is 25.8 Å². The summed E-state index contributed by atoms with van der Waals surface area (Å²) in [4.78, 5) is 3.97. The van der Waals surface area contributed by atoms with Crippen molar-refractivity contribution in [1.82, 2.24) is 15.2 Å². The molecule has 146 valence electrons. The first-order valence-corrected chi connectivity index (χ1v) is 7.70. The second-order valence-corrected chi connectivity index (χ2v) is 5.53. The lowest BCUT2D eigenvalue weighted by Gasteiger charge is -2.13. The first-order chi connectivity index (χ1) is 13.1. The number of nitrogens with one attached hydrogen (secondary N) is 2. The van der Waals surface area contributed by atoms with Crippen molar-refractivity contribution in [3.05, 3.63) is 65.9 Å². The maximum Gasteiger partial charge on any atom is 0.418 e. The average Bonchev–Trinajstić information content (AvgIpc) is 2.61. The number of benzene rings is 2. The summed E-state index contributed by atoms with van der Waals surface area (Å²) in [7, 11) is 0. The van der Waals surface area contributed by atoms with Gasteiger partial charge >= 0.3 is 12.4 Å². The Kier molecular flexibility index (Phi) is 5.08. The summed E-state index contributed by atoms with van der Waals surface area (Å²) in [6.45, 7) is 0. The van der Waals surface area contributed by atoms with Crippen LogP contribution in [0, 0.1) is 0 Å². The number of rotatable bonds is 4. The van der Waals surface area contributed by atoms with Crippen LogP contribution < -0.4 is 10.6 Å². The van der Waals surface area contributed by atoms with Crippen molar-refractivity contribution in [3.63, 3.8) is 0 Å². The number of hydrogen-bond donors (Lipinski definition) is 2. The zero-order valence-corrected chi connectivity index (χ0v) is 13.8. The summed E-state index contributed by atoms with van der Waals surface area (Å²) < 4.78 is 76.9. The molecule has 0 atom stereocenters. The van der Waals surface area contributed by atoms with Gasteiger partial charge in [0.2, 0.25) is 5.95 Å². The summed E-state index contributed by atoms with van der Waals surface area (Å²) in [5, 5.41) is 12.4. The second kappa shape index (κ2) is 7.33. The van der Waals surface area contributed by atoms with Crippen LogP contribution in [0.4, 0.5) is 49.5 Å². The van der Waals surface area contributed by atoms with Gasteiger partial charge in [-0.05, 0) is 36.4 Å². The maximum atomic E-state index is 13.0. The molecule has 1 heterocycles. The summed E-state index contributed by atoms with van der Waals surface area (Å²) in [5.74, 6) is -0.129. The largest absolute Gasteiger partial charge is 0.418 e. The van der Waals surface area contributed by atoms with E-state index in [1.807, 2.05) is 0 Å². The molecule has 0 amide bonds. The summed E-state index contributed by atoms with van der Waals surface area (Å²) in [6.07, 6.45) is -7.86. The highest BCUT2D eigenvalue weighted by molar-refractivity contribution is 5.61. The number of aromatic nitrogens is 3. The molecule has 11 heteroatoms. The van der Waals surface area contributed by atoms with Gasteiger partial charge in [0.15, 0.2) is 5.82 Å². The molecular weight excluding hydrogens is 388 g/mol. The molecule has 0 bridgehead atoms. The van der Waals surface area contributed by atoms with Crippen LogP contribution in [0.25, 0.3) is 0 Å². The molecule has 0 unspecified atom stereocenters. The molecule has 0 saturated heterocycles. The molecule has 0 spiro atoms. The molecule has 0 fully saturated rings. The first kappa shape index (κ1) is 19.4. The molecule has 1 aromatic heterocycles. The van der Waals surface area contributed by atoms with Gasteiger partial charge < -0.3 is 10.6 Å². The second-order valence-electron chi connectivity index (χ2n) is 5.53. The highest BCUT2D eigenvalue weighted by Gasteiger charge is 2.33. The monoisotopic (exact) mass is 399 g/mol. The van der Waals surface area contributed by atoms with Crippen molar-refractivity contribution in [2.75, 3.05) is 10.6 Å². The lowest BCUT2D eigenvalue weighted by molar-refractivity contribution is -0.138. The van der Waals surface area contributed by atoms with Crippen LogP contribution in [0.5, 0.6) is 0 Å². The summed E-state index contributed by atoms with van der Waals surface area (Å²) in [6, 6.07) is 8.92. The number of anilines is 4. The molecule has 28 heavy (non-hydrogen) atoms. The van der Waals surface area contributed by atoms with E-state index >= 15 is 0 Å². The Bertz CT molecular complexity index is 953. The fourth-order valence-electron chi connectivity index (χ4n) is 2.27. The summed E-state index contributed by atoms with van der Waals surface area (Å²) >= 11 is 0. The molecular formula is C17H11F6N5. The Morgan fingerprint density at radius 2 is 1.43 bits per heavy atom. The Hall–Kier alpha value is -3.37. The van der Waals surface area contributed by atoms with Crippen molar-refractivity contribution in [3.8, 4) is 0 Å². The van der Waals surface area contributed by atoms with Crippen molar-refractivity contribution in [2.45, 2.75) is 12.4 Å². The molecule has 0 aliphatic rings. The molecule has 2 N–H and O–H groups in total. The molecule has 0 aliphatic carbocycles. The average molecular weight is 399 g/mol. The van der Waals surface area contributed by atoms with Gasteiger partial charge in [-0.15, -0.1) is 5.10 Å². The minimum atomic E-state index is -4.58. The third kappa shape index (κ3) is 4.67. The van der Waals surface area contributed by atoms with Crippen molar-refractivity contribution in [1.29, 1.82) is 0 Å². The van der Waals surface area contributed by atoms with E-state index in [0.29, 0.717) is 0 Å². The lowest BCUT2D eigenvalue weighted by atomic mass is 10.1. The molecule has 3 rings (SSSR count). The molecule has 2 aromatic carbocycles. The molecule has 0 saturated carbocycles. The Morgan fingerprint density at radius 3 is 2.07 bits per heavy atom. The highest BCUT2D eigenvalue weighted by Crippen LogP contribution is 2.35. The van der Waals surface area contributed by atoms with Crippen LogP contribution in [0.1, 0.15) is 11.1 Å². The zero-order valence-electron chi connectivity index (χ0n) is 13.8. The minimum absolute atomic E-state index is 0.0850. The number of hydrogen-bond acceptors (Lipinski definition) is 5. The number of halogens is 6. The predicted octanol–water partition coefficient (Wildman–Crippen LogP) is 5.40. The lowest BCUT2D eigenvalue weighted by Crippen LogP contribution is -2.10. The third-order valence-electron chi connectivity index (χ3n) is 3.52. The smallest absolute Gasteiger partial charge is 0.339 e. The van der Waals surface area contributed by atoms with E-state index in [4.69, 9.17) is 0 Å². The van der Waals surface area contributed by atoms with E-state index in [9.17, 15) is 26.3 Å². The van der Waals surface area contributed by atoms with Crippen molar-refractivity contribution >= 4 is 23.1 Å². The normalized spacial score (nSPS) is 11.9. The van der Waals surface area contributed by atoms with Gasteiger partial charge in [-0.3, -0.25) is 0 Å². The van der Waals surface area contributed by atoms with Gasteiger partial charge in [-0.1, -0.05) is 12.1 Å². The molecule has 0 aliphatic heterocycles. The van der Waals surface area contributed by atoms with Gasteiger partial charge in [0.1, 0.15) is 0 Å². The van der Waals surface area contributed by atoms with E-state index < -0.39 is 23.5 Å². The predicted molar refractivity (Wildman–Crippen MR) is 89.3 cm³/mol. The van der Waals surface area contributed by atoms with Crippen molar-refractivity contribution in [2.24, 2.45) is 0 Å². The Labute approximate surface area is 154 Å². The summed E-state index contributed by atoms with van der Waals surface area (Å²) in [5.41, 5.74) is -1.69. The van der Waals surface area contributed by atoms with Crippen LogP contribution in [-0.4, -0.2) is 15.2 Å². The zero-order chi connectivity index (χ0) is 20.4. The van der Waals surface area contributed by atoms with E-state index in [0.717, 1.165) is 18.2 Å². The minimum Gasteiger partial charge on any atom is -0.339 e. The quantitative estimate of drug-likeness (QED) is 0.576. The Morgan fingerprint density at radius 1 is 0.750 bits per heavy atom. The van der Waals surface area contributed by atoms with Gasteiger partial charge in [-0.25, -0.2) is 0 Å². The molecule has 5 nitrogen and oxygen atoms in total.